The normalized spacial score (nSPS) is 10.2. The first-order valence-corrected chi connectivity index (χ1v) is 10.7. The second-order valence-electron chi connectivity index (χ2n) is 6.77. The highest BCUT2D eigenvalue weighted by Gasteiger charge is 2.08. The Labute approximate surface area is 189 Å². The standard InChI is InChI=1S/C24H20N4O3S/c29-23(17-6-12-22(13-7-17)31-14-21-15-32-16-25-21)26-19-8-10-20(11-9-19)28-24(30)27-18-4-2-1-3-5-18/h1-13,15-16H,14H2,(H,26,29)(H2,27,28,30). The van der Waals surface area contributed by atoms with Crippen molar-refractivity contribution >= 4 is 40.3 Å². The molecule has 3 N–H and O–H groups in total. The Kier molecular flexibility index (Phi) is 6.74. The average molecular weight is 445 g/mol. The lowest BCUT2D eigenvalue weighted by Gasteiger charge is -2.10. The van der Waals surface area contributed by atoms with Crippen LogP contribution in [0.1, 0.15) is 16.1 Å². The van der Waals surface area contributed by atoms with E-state index in [2.05, 4.69) is 20.9 Å². The summed E-state index contributed by atoms with van der Waals surface area (Å²) in [6, 6.07) is 22.6. The van der Waals surface area contributed by atoms with E-state index in [1.165, 1.54) is 11.3 Å². The summed E-state index contributed by atoms with van der Waals surface area (Å²) in [5.74, 6) is 0.428. The molecule has 0 saturated heterocycles. The number of hydrogen-bond donors (Lipinski definition) is 3. The van der Waals surface area contributed by atoms with Crippen molar-refractivity contribution in [3.05, 3.63) is 101 Å². The number of para-hydroxylation sites is 1. The van der Waals surface area contributed by atoms with Crippen LogP contribution < -0.4 is 20.7 Å². The molecule has 1 aromatic heterocycles. The zero-order valence-electron chi connectivity index (χ0n) is 16.9. The lowest BCUT2D eigenvalue weighted by molar-refractivity contribution is 0.102. The van der Waals surface area contributed by atoms with Crippen molar-refractivity contribution in [3.8, 4) is 5.75 Å². The van der Waals surface area contributed by atoms with Gasteiger partial charge in [-0.15, -0.1) is 11.3 Å². The summed E-state index contributed by atoms with van der Waals surface area (Å²) in [4.78, 5) is 28.7. The van der Waals surface area contributed by atoms with Gasteiger partial charge in [0, 0.05) is 28.0 Å². The molecule has 0 fully saturated rings. The summed E-state index contributed by atoms with van der Waals surface area (Å²) in [5.41, 5.74) is 5.07. The highest BCUT2D eigenvalue weighted by atomic mass is 32.1. The monoisotopic (exact) mass is 444 g/mol. The first kappa shape index (κ1) is 21.1. The summed E-state index contributed by atoms with van der Waals surface area (Å²) in [6.07, 6.45) is 0. The van der Waals surface area contributed by atoms with Gasteiger partial charge in [-0.3, -0.25) is 4.79 Å². The number of thiazole rings is 1. The van der Waals surface area contributed by atoms with Crippen LogP contribution in [-0.4, -0.2) is 16.9 Å². The topological polar surface area (TPSA) is 92.4 Å². The highest BCUT2D eigenvalue weighted by molar-refractivity contribution is 7.07. The number of ether oxygens (including phenoxy) is 1. The molecule has 8 heteroatoms. The van der Waals surface area contributed by atoms with E-state index in [0.717, 1.165) is 5.69 Å². The maximum absolute atomic E-state index is 12.5. The molecule has 0 aliphatic heterocycles. The first-order chi connectivity index (χ1) is 15.7. The number of hydrogen-bond acceptors (Lipinski definition) is 5. The predicted octanol–water partition coefficient (Wildman–Crippen LogP) is 5.62. The number of nitrogens with zero attached hydrogens (tertiary/aromatic N) is 1. The number of carbonyl (C=O) groups is 2. The maximum Gasteiger partial charge on any atom is 0.323 e. The van der Waals surface area contributed by atoms with E-state index < -0.39 is 0 Å². The van der Waals surface area contributed by atoms with Crippen LogP contribution in [0.4, 0.5) is 21.9 Å². The van der Waals surface area contributed by atoms with E-state index in [1.807, 2.05) is 23.6 Å². The summed E-state index contributed by atoms with van der Waals surface area (Å²) >= 11 is 1.52. The quantitative estimate of drug-likeness (QED) is 0.345. The van der Waals surface area contributed by atoms with Crippen LogP contribution in [0.2, 0.25) is 0 Å². The Morgan fingerprint density at radius 1 is 0.781 bits per heavy atom. The van der Waals surface area contributed by atoms with E-state index >= 15 is 0 Å². The SMILES string of the molecule is O=C(Nc1ccccc1)Nc1ccc(NC(=O)c2ccc(OCc3cscn3)cc2)cc1. The van der Waals surface area contributed by atoms with Crippen LogP contribution in [0.3, 0.4) is 0 Å². The van der Waals surface area contributed by atoms with Gasteiger partial charge >= 0.3 is 6.03 Å². The fourth-order valence-corrected chi connectivity index (χ4v) is 3.37. The van der Waals surface area contributed by atoms with Crippen molar-refractivity contribution in [3.63, 3.8) is 0 Å². The molecule has 0 radical (unpaired) electrons. The molecular weight excluding hydrogens is 424 g/mol. The molecule has 0 aliphatic rings. The van der Waals surface area contributed by atoms with Gasteiger partial charge in [0.25, 0.3) is 5.91 Å². The molecule has 3 amide bonds. The van der Waals surface area contributed by atoms with E-state index in [4.69, 9.17) is 4.74 Å². The minimum absolute atomic E-state index is 0.237. The third-order valence-corrected chi connectivity index (χ3v) is 5.05. The van der Waals surface area contributed by atoms with E-state index in [0.29, 0.717) is 35.0 Å². The van der Waals surface area contributed by atoms with Gasteiger partial charge in [-0.25, -0.2) is 9.78 Å². The number of benzene rings is 3. The molecule has 32 heavy (non-hydrogen) atoms. The molecule has 0 bridgehead atoms. The number of amides is 3. The molecule has 1 heterocycles. The van der Waals surface area contributed by atoms with Gasteiger partial charge in [0.2, 0.25) is 0 Å². The Balaban J connectivity index is 1.28. The van der Waals surface area contributed by atoms with E-state index in [1.54, 1.807) is 66.2 Å². The summed E-state index contributed by atoms with van der Waals surface area (Å²) in [5, 5.41) is 10.3. The van der Waals surface area contributed by atoms with Crippen molar-refractivity contribution in [1.29, 1.82) is 0 Å². The smallest absolute Gasteiger partial charge is 0.323 e. The number of aromatic nitrogens is 1. The molecule has 0 saturated carbocycles. The Bertz CT molecular complexity index is 1160. The van der Waals surface area contributed by atoms with Gasteiger partial charge in [0.05, 0.1) is 11.2 Å². The van der Waals surface area contributed by atoms with Gasteiger partial charge in [-0.05, 0) is 60.7 Å². The molecule has 0 aliphatic carbocycles. The van der Waals surface area contributed by atoms with Gasteiger partial charge in [0.15, 0.2) is 0 Å². The van der Waals surface area contributed by atoms with Crippen LogP contribution in [0, 0.1) is 0 Å². The minimum atomic E-state index is -0.343. The fraction of sp³-hybridized carbons (Fsp3) is 0.0417. The number of carbonyl (C=O) groups excluding carboxylic acids is 2. The van der Waals surface area contributed by atoms with Crippen LogP contribution in [0.25, 0.3) is 0 Å². The molecule has 0 spiro atoms. The third-order valence-electron chi connectivity index (χ3n) is 4.42. The molecule has 4 aromatic rings. The third kappa shape index (κ3) is 5.93. The molecule has 7 nitrogen and oxygen atoms in total. The number of urea groups is 1. The highest BCUT2D eigenvalue weighted by Crippen LogP contribution is 2.18. The summed E-state index contributed by atoms with van der Waals surface area (Å²) in [7, 11) is 0. The second-order valence-corrected chi connectivity index (χ2v) is 7.49. The molecule has 0 unspecified atom stereocenters. The minimum Gasteiger partial charge on any atom is -0.487 e. The van der Waals surface area contributed by atoms with Crippen LogP contribution in [-0.2, 0) is 6.61 Å². The van der Waals surface area contributed by atoms with Crippen molar-refractivity contribution in [1.82, 2.24) is 4.98 Å². The lowest BCUT2D eigenvalue weighted by Crippen LogP contribution is -2.19. The Hall–Kier alpha value is -4.17. The maximum atomic E-state index is 12.5. The molecule has 0 atom stereocenters. The lowest BCUT2D eigenvalue weighted by atomic mass is 10.2. The van der Waals surface area contributed by atoms with Crippen LogP contribution in [0.5, 0.6) is 5.75 Å². The van der Waals surface area contributed by atoms with Gasteiger partial charge < -0.3 is 20.7 Å². The van der Waals surface area contributed by atoms with E-state index in [-0.39, 0.29) is 11.9 Å². The van der Waals surface area contributed by atoms with Crippen molar-refractivity contribution in [2.45, 2.75) is 6.61 Å². The van der Waals surface area contributed by atoms with Crippen LogP contribution >= 0.6 is 11.3 Å². The number of anilines is 3. The first-order valence-electron chi connectivity index (χ1n) is 9.80. The van der Waals surface area contributed by atoms with Crippen molar-refractivity contribution in [2.24, 2.45) is 0 Å². The number of rotatable bonds is 7. The van der Waals surface area contributed by atoms with Gasteiger partial charge in [0.1, 0.15) is 12.4 Å². The molecule has 3 aromatic carbocycles. The Morgan fingerprint density at radius 2 is 1.41 bits per heavy atom. The second kappa shape index (κ2) is 10.2. The predicted molar refractivity (Wildman–Crippen MR) is 126 cm³/mol. The number of nitrogens with one attached hydrogen (secondary N) is 3. The average Bonchev–Trinajstić information content (AvgIpc) is 3.34. The summed E-state index contributed by atoms with van der Waals surface area (Å²) < 4.78 is 5.66. The molecule has 160 valence electrons. The van der Waals surface area contributed by atoms with Gasteiger partial charge in [-0.2, -0.15) is 0 Å². The van der Waals surface area contributed by atoms with E-state index in [9.17, 15) is 9.59 Å². The van der Waals surface area contributed by atoms with Crippen LogP contribution in [0.15, 0.2) is 89.8 Å². The molecular formula is C24H20N4O3S. The van der Waals surface area contributed by atoms with Crippen molar-refractivity contribution in [2.75, 3.05) is 16.0 Å². The zero-order chi connectivity index (χ0) is 22.2. The summed E-state index contributed by atoms with van der Waals surface area (Å²) in [6.45, 7) is 0.388. The van der Waals surface area contributed by atoms with Gasteiger partial charge in [-0.1, -0.05) is 18.2 Å². The zero-order valence-corrected chi connectivity index (χ0v) is 17.8. The van der Waals surface area contributed by atoms with Crippen molar-refractivity contribution < 1.29 is 14.3 Å². The Morgan fingerprint density at radius 3 is 2.03 bits per heavy atom. The molecule has 4 rings (SSSR count). The fourth-order valence-electron chi connectivity index (χ4n) is 2.82. The largest absolute Gasteiger partial charge is 0.487 e.